The van der Waals surface area contributed by atoms with Crippen LogP contribution < -0.4 is 0 Å². The van der Waals surface area contributed by atoms with Gasteiger partial charge in [-0.15, -0.1) is 0 Å². The van der Waals surface area contributed by atoms with Gasteiger partial charge in [0.15, 0.2) is 8.32 Å². The van der Waals surface area contributed by atoms with Crippen molar-refractivity contribution in [1.82, 2.24) is 4.90 Å². The zero-order valence-corrected chi connectivity index (χ0v) is 20.1. The fraction of sp³-hybridized carbons (Fsp3) is 0.714. The largest absolute Gasteiger partial charge is 0.457 e. The second kappa shape index (κ2) is 8.21. The predicted molar refractivity (Wildman–Crippen MR) is 117 cm³/mol. The fourth-order valence-corrected chi connectivity index (χ4v) is 6.84. The number of ether oxygens (including phenoxy) is 2. The van der Waals surface area contributed by atoms with E-state index in [2.05, 4.69) is 40.4 Å². The first kappa shape index (κ1) is 22.6. The number of carbonyl (C=O) groups is 2. The molecule has 3 aliphatic rings. The quantitative estimate of drug-likeness (QED) is 0.258. The van der Waals surface area contributed by atoms with Crippen LogP contribution in [0.4, 0.5) is 0 Å². The van der Waals surface area contributed by atoms with E-state index in [0.29, 0.717) is 12.3 Å². The summed E-state index contributed by atoms with van der Waals surface area (Å²) in [5.41, 5.74) is 0.356. The lowest BCUT2D eigenvalue weighted by molar-refractivity contribution is -0.157. The van der Waals surface area contributed by atoms with Crippen LogP contribution in [0.2, 0.25) is 18.1 Å². The highest BCUT2D eigenvalue weighted by Crippen LogP contribution is 2.54. The van der Waals surface area contributed by atoms with Crippen molar-refractivity contribution >= 4 is 32.0 Å². The Labute approximate surface area is 179 Å². The number of β-lactam (4-membered cyclic amide) rings is 1. The van der Waals surface area contributed by atoms with E-state index in [1.165, 1.54) is 6.08 Å². The first-order valence-electron chi connectivity index (χ1n) is 10.3. The van der Waals surface area contributed by atoms with Gasteiger partial charge in [-0.3, -0.25) is 9.69 Å². The highest BCUT2D eigenvalue weighted by Gasteiger charge is 2.60. The maximum atomic E-state index is 13.1. The molecule has 0 aromatic carbocycles. The van der Waals surface area contributed by atoms with Crippen LogP contribution in [-0.4, -0.2) is 55.9 Å². The number of esters is 1. The van der Waals surface area contributed by atoms with E-state index in [9.17, 15) is 9.59 Å². The molecule has 3 heterocycles. The molecule has 1 unspecified atom stereocenters. The van der Waals surface area contributed by atoms with Crippen molar-refractivity contribution in [1.29, 1.82) is 0 Å². The molecule has 0 radical (unpaired) electrons. The summed E-state index contributed by atoms with van der Waals surface area (Å²) < 4.78 is 17.6. The molecule has 6 nitrogen and oxygen atoms in total. The molecule has 2 fully saturated rings. The Morgan fingerprint density at radius 3 is 2.69 bits per heavy atom. The van der Waals surface area contributed by atoms with Crippen molar-refractivity contribution < 1.29 is 23.5 Å². The maximum absolute atomic E-state index is 13.1. The minimum Gasteiger partial charge on any atom is -0.457 e. The summed E-state index contributed by atoms with van der Waals surface area (Å²) in [6.07, 6.45) is 3.00. The van der Waals surface area contributed by atoms with Crippen molar-refractivity contribution in [3.63, 3.8) is 0 Å². The number of hydrogen-bond acceptors (Lipinski definition) is 6. The Bertz CT molecular complexity index is 723. The number of fused-ring (bicyclic) bond motifs is 1. The van der Waals surface area contributed by atoms with Crippen molar-refractivity contribution in [3.8, 4) is 0 Å². The van der Waals surface area contributed by atoms with Crippen LogP contribution in [0.3, 0.4) is 0 Å². The Morgan fingerprint density at radius 2 is 2.14 bits per heavy atom. The Balaban J connectivity index is 1.80. The second-order valence-corrected chi connectivity index (χ2v) is 15.3. The van der Waals surface area contributed by atoms with Gasteiger partial charge in [0.2, 0.25) is 5.91 Å². The Morgan fingerprint density at radius 1 is 1.45 bits per heavy atom. The highest BCUT2D eigenvalue weighted by atomic mass is 32.2. The van der Waals surface area contributed by atoms with Crippen molar-refractivity contribution in [2.24, 2.45) is 5.92 Å². The fourth-order valence-electron chi connectivity index (χ4n) is 3.72. The number of nitrogens with zero attached hydrogens (tertiary/aromatic N) is 1. The van der Waals surface area contributed by atoms with Gasteiger partial charge < -0.3 is 13.9 Å². The normalized spacial score (nSPS) is 28.3. The standard InChI is InChI=1S/C21H33NO5SSi/c1-8-11-26-20(24)16-17(14-10-9-12-25-14)28-19-15(18(23)22(16)19)13(2)27-29(6,7)21(3,4)5/h8,13-15,19H,1,9-12H2,2-7H3/t13-,14-,15?,19-/m1/s1. The van der Waals surface area contributed by atoms with Crippen molar-refractivity contribution in [2.75, 3.05) is 13.2 Å². The second-order valence-electron chi connectivity index (χ2n) is 9.43. The average molecular weight is 440 g/mol. The third kappa shape index (κ3) is 4.09. The Hall–Kier alpha value is -1.09. The molecule has 2 saturated heterocycles. The number of amides is 1. The lowest BCUT2D eigenvalue weighted by atomic mass is 9.92. The number of hydrogen-bond donors (Lipinski definition) is 0. The molecule has 1 amide bonds. The monoisotopic (exact) mass is 439 g/mol. The number of rotatable bonds is 7. The van der Waals surface area contributed by atoms with Gasteiger partial charge in [0.05, 0.1) is 18.1 Å². The van der Waals surface area contributed by atoms with Crippen LogP contribution in [0.5, 0.6) is 0 Å². The summed E-state index contributed by atoms with van der Waals surface area (Å²) in [5.74, 6) is -0.808. The molecule has 0 spiro atoms. The molecule has 8 heteroatoms. The maximum Gasteiger partial charge on any atom is 0.356 e. The lowest BCUT2D eigenvalue weighted by Gasteiger charge is -2.48. The summed E-state index contributed by atoms with van der Waals surface area (Å²) in [7, 11) is -2.01. The molecular formula is C21H33NO5SSi. The molecule has 0 bridgehead atoms. The molecule has 0 aliphatic carbocycles. The van der Waals surface area contributed by atoms with Gasteiger partial charge in [0.25, 0.3) is 0 Å². The molecule has 3 aliphatic heterocycles. The summed E-state index contributed by atoms with van der Waals surface area (Å²) >= 11 is 1.57. The zero-order valence-electron chi connectivity index (χ0n) is 18.3. The first-order chi connectivity index (χ1) is 13.5. The Kier molecular flexibility index (Phi) is 6.39. The first-order valence-corrected chi connectivity index (χ1v) is 14.1. The van der Waals surface area contributed by atoms with Gasteiger partial charge in [0, 0.05) is 11.5 Å². The zero-order chi connectivity index (χ0) is 21.6. The third-order valence-electron chi connectivity index (χ3n) is 6.35. The summed E-state index contributed by atoms with van der Waals surface area (Å²) in [5, 5.41) is -0.0649. The number of thioether (sulfide) groups is 1. The van der Waals surface area contributed by atoms with Crippen LogP contribution in [0.1, 0.15) is 40.5 Å². The van der Waals surface area contributed by atoms with Gasteiger partial charge in [0.1, 0.15) is 17.7 Å². The van der Waals surface area contributed by atoms with Crippen LogP contribution in [0.15, 0.2) is 23.3 Å². The highest BCUT2D eigenvalue weighted by molar-refractivity contribution is 8.04. The molecule has 0 saturated carbocycles. The van der Waals surface area contributed by atoms with E-state index >= 15 is 0 Å². The van der Waals surface area contributed by atoms with E-state index in [0.717, 1.165) is 17.7 Å². The summed E-state index contributed by atoms with van der Waals surface area (Å²) in [4.78, 5) is 28.3. The topological polar surface area (TPSA) is 65.1 Å². The van der Waals surface area contributed by atoms with E-state index < -0.39 is 14.3 Å². The molecule has 4 atom stereocenters. The van der Waals surface area contributed by atoms with E-state index in [-0.39, 0.29) is 41.1 Å². The van der Waals surface area contributed by atoms with Gasteiger partial charge in [-0.25, -0.2) is 4.79 Å². The summed E-state index contributed by atoms with van der Waals surface area (Å²) in [6.45, 7) is 17.3. The van der Waals surface area contributed by atoms with Gasteiger partial charge in [-0.05, 0) is 37.9 Å². The van der Waals surface area contributed by atoms with Crippen molar-refractivity contribution in [2.45, 2.75) is 76.3 Å². The molecular weight excluding hydrogens is 406 g/mol. The van der Waals surface area contributed by atoms with E-state index in [1.54, 1.807) is 16.7 Å². The van der Waals surface area contributed by atoms with E-state index in [1.807, 2.05) is 6.92 Å². The average Bonchev–Trinajstić information content (AvgIpc) is 3.23. The predicted octanol–water partition coefficient (Wildman–Crippen LogP) is 4.05. The minimum atomic E-state index is -2.01. The van der Waals surface area contributed by atoms with E-state index in [4.69, 9.17) is 13.9 Å². The SMILES string of the molecule is C=CCOC(=O)C1=C([C@H]2CCCO2)S[C@@H]2C([C@@H](C)O[Si](C)(C)C(C)(C)C)C(=O)N12. The molecule has 3 rings (SSSR count). The van der Waals surface area contributed by atoms with Crippen LogP contribution in [-0.2, 0) is 23.5 Å². The van der Waals surface area contributed by atoms with Gasteiger partial charge in [-0.2, -0.15) is 0 Å². The smallest absolute Gasteiger partial charge is 0.356 e. The summed E-state index contributed by atoms with van der Waals surface area (Å²) in [6, 6.07) is 0. The molecule has 29 heavy (non-hydrogen) atoms. The number of carbonyl (C=O) groups excluding carboxylic acids is 2. The van der Waals surface area contributed by atoms with Gasteiger partial charge in [-0.1, -0.05) is 45.2 Å². The third-order valence-corrected chi connectivity index (χ3v) is 12.4. The van der Waals surface area contributed by atoms with Crippen molar-refractivity contribution in [3.05, 3.63) is 23.3 Å². The van der Waals surface area contributed by atoms with Crippen LogP contribution >= 0.6 is 11.8 Å². The molecule has 0 aromatic rings. The van der Waals surface area contributed by atoms with Gasteiger partial charge >= 0.3 is 5.97 Å². The molecule has 162 valence electrons. The lowest BCUT2D eigenvalue weighted by Crippen LogP contribution is -2.62. The van der Waals surface area contributed by atoms with Crippen LogP contribution in [0, 0.1) is 5.92 Å². The minimum absolute atomic E-state index is 0.0627. The molecule has 0 N–H and O–H groups in total. The molecule has 0 aromatic heterocycles. The van der Waals surface area contributed by atoms with Crippen LogP contribution in [0.25, 0.3) is 0 Å².